The molecule has 2 saturated heterocycles. The first-order chi connectivity index (χ1) is 7.99. The first kappa shape index (κ1) is 14.1. The topological polar surface area (TPSA) is 40.2 Å². The van der Waals surface area contributed by atoms with Crippen molar-refractivity contribution in [1.82, 2.24) is 4.57 Å². The van der Waals surface area contributed by atoms with Crippen molar-refractivity contribution in [3.63, 3.8) is 0 Å². The van der Waals surface area contributed by atoms with Crippen LogP contribution in [0.15, 0.2) is 0 Å². The average molecular weight is 310 g/mol. The molecule has 2 rings (SSSR count). The SMILES string of the molecule is C[SiH]1O[SiH](C)O[Si](C)(N2CCCC2)O[SiH](C)O1. The molecule has 2 fully saturated rings. The van der Waals surface area contributed by atoms with Gasteiger partial charge in [0, 0.05) is 0 Å². The van der Waals surface area contributed by atoms with Crippen LogP contribution in [-0.2, 0) is 16.5 Å². The summed E-state index contributed by atoms with van der Waals surface area (Å²) in [5, 5.41) is 0. The van der Waals surface area contributed by atoms with Crippen molar-refractivity contribution in [2.45, 2.75) is 39.0 Å². The van der Waals surface area contributed by atoms with E-state index in [1.807, 2.05) is 0 Å². The first-order valence-electron chi connectivity index (χ1n) is 6.41. The smallest absolute Gasteiger partial charge is 0.406 e. The lowest BCUT2D eigenvalue weighted by molar-refractivity contribution is 0.223. The number of hydrogen-bond donors (Lipinski definition) is 0. The highest BCUT2D eigenvalue weighted by atomic mass is 28.5. The van der Waals surface area contributed by atoms with Gasteiger partial charge in [0.05, 0.1) is 0 Å². The Kier molecular flexibility index (Phi) is 4.77. The van der Waals surface area contributed by atoms with Crippen LogP contribution >= 0.6 is 0 Å². The number of nitrogens with zero attached hydrogens (tertiary/aromatic N) is 1. The molecule has 0 radical (unpaired) electrons. The van der Waals surface area contributed by atoms with Crippen LogP contribution in [-0.4, -0.2) is 54.2 Å². The van der Waals surface area contributed by atoms with Gasteiger partial charge in [-0.2, -0.15) is 0 Å². The standard InChI is InChI=1S/C8H23NO4Si4/c1-14-10-15(2)12-17(4,13-16(3)11-14)9-7-5-6-8-9/h14-16H,5-8H2,1-4H3. The van der Waals surface area contributed by atoms with Gasteiger partial charge in [0.1, 0.15) is 0 Å². The van der Waals surface area contributed by atoms with Crippen LogP contribution < -0.4 is 0 Å². The van der Waals surface area contributed by atoms with Gasteiger partial charge >= 0.3 is 27.3 Å². The maximum atomic E-state index is 6.25. The summed E-state index contributed by atoms with van der Waals surface area (Å²) >= 11 is 0. The summed E-state index contributed by atoms with van der Waals surface area (Å²) in [5.41, 5.74) is 0. The lowest BCUT2D eigenvalue weighted by Gasteiger charge is -2.41. The normalized spacial score (nSPS) is 45.5. The Morgan fingerprint density at radius 2 is 1.35 bits per heavy atom. The fraction of sp³-hybridized carbons (Fsp3) is 1.00. The summed E-state index contributed by atoms with van der Waals surface area (Å²) in [6.07, 6.45) is 2.52. The highest BCUT2D eigenvalue weighted by Gasteiger charge is 2.45. The predicted molar refractivity (Wildman–Crippen MR) is 75.8 cm³/mol. The van der Waals surface area contributed by atoms with E-state index in [-0.39, 0.29) is 0 Å². The van der Waals surface area contributed by atoms with Crippen molar-refractivity contribution < 1.29 is 16.5 Å². The Bertz CT molecular complexity index is 252. The molecule has 2 unspecified atom stereocenters. The van der Waals surface area contributed by atoms with Crippen LogP contribution in [0.2, 0.25) is 26.2 Å². The molecule has 2 aliphatic rings. The van der Waals surface area contributed by atoms with E-state index in [2.05, 4.69) is 30.8 Å². The molecule has 2 atom stereocenters. The zero-order chi connectivity index (χ0) is 12.5. The summed E-state index contributed by atoms with van der Waals surface area (Å²) in [6.45, 7) is 10.6. The van der Waals surface area contributed by atoms with E-state index in [1.165, 1.54) is 12.8 Å². The molecule has 0 aromatic carbocycles. The van der Waals surface area contributed by atoms with E-state index in [4.69, 9.17) is 16.5 Å². The van der Waals surface area contributed by atoms with E-state index in [1.54, 1.807) is 0 Å². The predicted octanol–water partition coefficient (Wildman–Crippen LogP) is 0.282. The van der Waals surface area contributed by atoms with E-state index in [9.17, 15) is 0 Å². The van der Waals surface area contributed by atoms with E-state index >= 15 is 0 Å². The fourth-order valence-electron chi connectivity index (χ4n) is 2.54. The van der Waals surface area contributed by atoms with Gasteiger partial charge in [-0.05, 0) is 52.1 Å². The summed E-state index contributed by atoms with van der Waals surface area (Å²) in [5.74, 6) is 0. The van der Waals surface area contributed by atoms with E-state index in [0.29, 0.717) is 0 Å². The van der Waals surface area contributed by atoms with Gasteiger partial charge in [0.2, 0.25) is 0 Å². The molecule has 0 bridgehead atoms. The second kappa shape index (κ2) is 5.75. The van der Waals surface area contributed by atoms with Gasteiger partial charge in [-0.15, -0.1) is 0 Å². The molecule has 5 nitrogen and oxygen atoms in total. The minimum absolute atomic E-state index is 1.11. The van der Waals surface area contributed by atoms with Gasteiger partial charge in [0.25, 0.3) is 9.28 Å². The van der Waals surface area contributed by atoms with Crippen molar-refractivity contribution in [2.75, 3.05) is 13.1 Å². The van der Waals surface area contributed by atoms with Gasteiger partial charge in [-0.25, -0.2) is 0 Å². The molecule has 0 aliphatic carbocycles. The third-order valence-electron chi connectivity index (χ3n) is 3.22. The highest BCUT2D eigenvalue weighted by Crippen LogP contribution is 2.24. The zero-order valence-electron chi connectivity index (χ0n) is 11.1. The first-order valence-corrected chi connectivity index (χ1v) is 15.0. The van der Waals surface area contributed by atoms with Crippen molar-refractivity contribution in [1.29, 1.82) is 0 Å². The van der Waals surface area contributed by atoms with Crippen molar-refractivity contribution in [3.05, 3.63) is 0 Å². The molecule has 0 N–H and O–H groups in total. The molecule has 0 spiro atoms. The van der Waals surface area contributed by atoms with Gasteiger partial charge in [-0.1, -0.05) is 0 Å². The van der Waals surface area contributed by atoms with Crippen LogP contribution in [0.4, 0.5) is 0 Å². The van der Waals surface area contributed by atoms with Crippen molar-refractivity contribution in [3.8, 4) is 0 Å². The van der Waals surface area contributed by atoms with Crippen molar-refractivity contribution in [2.24, 2.45) is 0 Å². The second-order valence-corrected chi connectivity index (χ2v) is 14.7. The maximum absolute atomic E-state index is 6.25. The van der Waals surface area contributed by atoms with Gasteiger partial charge in [0.15, 0.2) is 0 Å². The monoisotopic (exact) mass is 309 g/mol. The average Bonchev–Trinajstić information content (AvgIpc) is 2.66. The molecule has 9 heteroatoms. The molecule has 0 amide bonds. The van der Waals surface area contributed by atoms with Crippen LogP contribution in [0.3, 0.4) is 0 Å². The fourth-order valence-corrected chi connectivity index (χ4v) is 17.1. The Labute approximate surface area is 110 Å². The van der Waals surface area contributed by atoms with Gasteiger partial charge in [-0.3, -0.25) is 4.57 Å². The molecular formula is C8H23NO4Si4. The molecule has 100 valence electrons. The quantitative estimate of drug-likeness (QED) is 0.651. The Morgan fingerprint density at radius 3 is 1.82 bits per heavy atom. The third-order valence-corrected chi connectivity index (χ3v) is 17.1. The lowest BCUT2D eigenvalue weighted by atomic mass is 10.4. The van der Waals surface area contributed by atoms with Crippen molar-refractivity contribution >= 4 is 36.6 Å². The second-order valence-electron chi connectivity index (χ2n) is 4.80. The third kappa shape index (κ3) is 3.58. The Balaban J connectivity index is 2.08. The molecule has 0 saturated carbocycles. The van der Waals surface area contributed by atoms with Crippen LogP contribution in [0, 0.1) is 0 Å². The molecule has 17 heavy (non-hydrogen) atoms. The minimum Gasteiger partial charge on any atom is -0.420 e. The van der Waals surface area contributed by atoms with E-state index < -0.39 is 36.6 Å². The van der Waals surface area contributed by atoms with Crippen LogP contribution in [0.1, 0.15) is 12.8 Å². The van der Waals surface area contributed by atoms with E-state index in [0.717, 1.165) is 13.1 Å². The summed E-state index contributed by atoms with van der Waals surface area (Å²) in [6, 6.07) is 0. The molecule has 2 heterocycles. The minimum atomic E-state index is -2.21. The van der Waals surface area contributed by atoms with Crippen LogP contribution in [0.5, 0.6) is 0 Å². The molecule has 0 aromatic heterocycles. The summed E-state index contributed by atoms with van der Waals surface area (Å²) in [4.78, 5) is 0. The highest BCUT2D eigenvalue weighted by molar-refractivity contribution is 6.79. The number of rotatable bonds is 1. The lowest BCUT2D eigenvalue weighted by Crippen LogP contribution is -2.62. The maximum Gasteiger partial charge on any atom is 0.406 e. The Hall–Kier alpha value is 0.668. The molecular weight excluding hydrogens is 286 g/mol. The Morgan fingerprint density at radius 1 is 0.882 bits per heavy atom. The number of hydrogen-bond acceptors (Lipinski definition) is 5. The summed E-state index contributed by atoms with van der Waals surface area (Å²) < 4.78 is 26.8. The van der Waals surface area contributed by atoms with Gasteiger partial charge < -0.3 is 16.5 Å². The van der Waals surface area contributed by atoms with Crippen LogP contribution in [0.25, 0.3) is 0 Å². The summed E-state index contributed by atoms with van der Waals surface area (Å²) in [7, 11) is -6.87. The molecule has 2 aliphatic heterocycles. The largest absolute Gasteiger partial charge is 0.420 e. The zero-order valence-corrected chi connectivity index (χ0v) is 15.6. The molecule has 0 aromatic rings.